The van der Waals surface area contributed by atoms with Crippen molar-refractivity contribution in [3.63, 3.8) is 0 Å². The number of hydrogen-bond acceptors (Lipinski definition) is 4. The second-order valence-corrected chi connectivity index (χ2v) is 5.28. The van der Waals surface area contributed by atoms with Crippen molar-refractivity contribution in [1.82, 2.24) is 10.2 Å². The number of nitrogens with zero attached hydrogens (tertiary/aromatic N) is 1. The number of carbonyl (C=O) groups excluding carboxylic acids is 2. The lowest BCUT2D eigenvalue weighted by molar-refractivity contribution is -0.132. The van der Waals surface area contributed by atoms with Crippen molar-refractivity contribution in [2.75, 3.05) is 32.1 Å². The summed E-state index contributed by atoms with van der Waals surface area (Å²) in [5, 5.41) is 2.56. The molecule has 0 bridgehead atoms. The SMILES string of the molecule is CSCCN(C)C(=O)CNC(=O)[C@@H](N)C(C)C. The van der Waals surface area contributed by atoms with E-state index in [1.807, 2.05) is 20.1 Å². The Balaban J connectivity index is 3.95. The smallest absolute Gasteiger partial charge is 0.241 e. The Morgan fingerprint density at radius 1 is 1.41 bits per heavy atom. The van der Waals surface area contributed by atoms with Gasteiger partial charge in [-0.1, -0.05) is 13.8 Å². The molecule has 2 amide bonds. The van der Waals surface area contributed by atoms with Gasteiger partial charge in [0, 0.05) is 19.3 Å². The quantitative estimate of drug-likeness (QED) is 0.671. The van der Waals surface area contributed by atoms with Crippen molar-refractivity contribution in [3.8, 4) is 0 Å². The average molecular weight is 261 g/mol. The van der Waals surface area contributed by atoms with Gasteiger partial charge >= 0.3 is 0 Å². The molecule has 100 valence electrons. The molecule has 0 aliphatic rings. The topological polar surface area (TPSA) is 75.4 Å². The van der Waals surface area contributed by atoms with Crippen LogP contribution in [0.4, 0.5) is 0 Å². The summed E-state index contributed by atoms with van der Waals surface area (Å²) in [4.78, 5) is 24.7. The lowest BCUT2D eigenvalue weighted by Gasteiger charge is -2.19. The van der Waals surface area contributed by atoms with E-state index >= 15 is 0 Å². The zero-order valence-electron chi connectivity index (χ0n) is 11.0. The Morgan fingerprint density at radius 2 is 2.00 bits per heavy atom. The normalized spacial score (nSPS) is 12.4. The lowest BCUT2D eigenvalue weighted by atomic mass is 10.1. The summed E-state index contributed by atoms with van der Waals surface area (Å²) >= 11 is 1.68. The molecule has 17 heavy (non-hydrogen) atoms. The molecule has 0 aliphatic heterocycles. The number of rotatable bonds is 7. The fourth-order valence-corrected chi connectivity index (χ4v) is 1.53. The summed E-state index contributed by atoms with van der Waals surface area (Å²) in [7, 11) is 1.73. The summed E-state index contributed by atoms with van der Waals surface area (Å²) < 4.78 is 0. The van der Waals surface area contributed by atoms with E-state index in [0.717, 1.165) is 5.75 Å². The Labute approximate surface area is 107 Å². The molecule has 3 N–H and O–H groups in total. The Morgan fingerprint density at radius 3 is 2.47 bits per heavy atom. The molecular weight excluding hydrogens is 238 g/mol. The summed E-state index contributed by atoms with van der Waals surface area (Å²) in [5.74, 6) is 0.594. The van der Waals surface area contributed by atoms with Gasteiger partial charge in [-0.05, 0) is 12.2 Å². The zero-order chi connectivity index (χ0) is 13.4. The zero-order valence-corrected chi connectivity index (χ0v) is 11.8. The molecule has 0 aromatic heterocycles. The van der Waals surface area contributed by atoms with Gasteiger partial charge in [-0.2, -0.15) is 11.8 Å². The van der Waals surface area contributed by atoms with E-state index in [-0.39, 0.29) is 24.3 Å². The predicted octanol–water partition coefficient (Wildman–Crippen LogP) is -0.0927. The number of nitrogens with one attached hydrogen (secondary N) is 1. The van der Waals surface area contributed by atoms with Gasteiger partial charge in [0.05, 0.1) is 12.6 Å². The van der Waals surface area contributed by atoms with Gasteiger partial charge in [0.25, 0.3) is 0 Å². The Bertz CT molecular complexity index is 259. The number of hydrogen-bond donors (Lipinski definition) is 2. The third-order valence-corrected chi connectivity index (χ3v) is 3.08. The van der Waals surface area contributed by atoms with Crippen LogP contribution in [0.3, 0.4) is 0 Å². The average Bonchev–Trinajstić information content (AvgIpc) is 2.31. The van der Waals surface area contributed by atoms with E-state index in [1.165, 1.54) is 0 Å². The molecule has 5 nitrogen and oxygen atoms in total. The Kier molecular flexibility index (Phi) is 7.99. The van der Waals surface area contributed by atoms with Gasteiger partial charge in [0.2, 0.25) is 11.8 Å². The maximum absolute atomic E-state index is 11.6. The molecule has 1 atom stereocenters. The van der Waals surface area contributed by atoms with E-state index < -0.39 is 6.04 Å². The second-order valence-electron chi connectivity index (χ2n) is 4.30. The number of carbonyl (C=O) groups is 2. The molecule has 6 heteroatoms. The molecule has 0 rings (SSSR count). The van der Waals surface area contributed by atoms with Crippen LogP contribution < -0.4 is 11.1 Å². The fourth-order valence-electron chi connectivity index (χ4n) is 1.07. The minimum atomic E-state index is -0.556. The first-order valence-corrected chi connectivity index (χ1v) is 7.05. The highest BCUT2D eigenvalue weighted by Gasteiger charge is 2.18. The highest BCUT2D eigenvalue weighted by molar-refractivity contribution is 7.98. The third kappa shape index (κ3) is 6.53. The number of thioether (sulfide) groups is 1. The summed E-state index contributed by atoms with van der Waals surface area (Å²) in [6.07, 6.45) is 1.99. The van der Waals surface area contributed by atoms with Crippen molar-refractivity contribution in [3.05, 3.63) is 0 Å². The highest BCUT2D eigenvalue weighted by Crippen LogP contribution is 1.98. The van der Waals surface area contributed by atoms with Gasteiger partial charge in [-0.25, -0.2) is 0 Å². The molecule has 0 heterocycles. The van der Waals surface area contributed by atoms with Crippen LogP contribution in [0.2, 0.25) is 0 Å². The second kappa shape index (κ2) is 8.36. The van der Waals surface area contributed by atoms with Crippen LogP contribution in [0.15, 0.2) is 0 Å². The van der Waals surface area contributed by atoms with Crippen molar-refractivity contribution >= 4 is 23.6 Å². The van der Waals surface area contributed by atoms with Crippen molar-refractivity contribution in [2.45, 2.75) is 19.9 Å². The Hall–Kier alpha value is -0.750. The molecule has 0 saturated carbocycles. The molecule has 0 saturated heterocycles. The first-order valence-electron chi connectivity index (χ1n) is 5.66. The standard InChI is InChI=1S/C11H23N3O2S/c1-8(2)10(12)11(16)13-7-9(15)14(3)5-6-17-4/h8,10H,5-7,12H2,1-4H3,(H,13,16)/t10-/m0/s1. The van der Waals surface area contributed by atoms with E-state index in [9.17, 15) is 9.59 Å². The van der Waals surface area contributed by atoms with Crippen LogP contribution in [0.5, 0.6) is 0 Å². The van der Waals surface area contributed by atoms with E-state index in [2.05, 4.69) is 5.32 Å². The van der Waals surface area contributed by atoms with Crippen molar-refractivity contribution in [2.24, 2.45) is 11.7 Å². The monoisotopic (exact) mass is 261 g/mol. The molecule has 0 spiro atoms. The largest absolute Gasteiger partial charge is 0.346 e. The first-order chi connectivity index (χ1) is 7.90. The number of likely N-dealkylation sites (N-methyl/N-ethyl adjacent to an activating group) is 1. The van der Waals surface area contributed by atoms with Gasteiger partial charge in [-0.3, -0.25) is 9.59 Å². The molecule has 0 fully saturated rings. The first kappa shape index (κ1) is 16.2. The maximum atomic E-state index is 11.6. The predicted molar refractivity (Wildman–Crippen MR) is 71.8 cm³/mol. The molecule has 0 aliphatic carbocycles. The number of amides is 2. The van der Waals surface area contributed by atoms with E-state index in [1.54, 1.807) is 23.7 Å². The van der Waals surface area contributed by atoms with Crippen LogP contribution in [-0.2, 0) is 9.59 Å². The summed E-state index contributed by atoms with van der Waals surface area (Å²) in [6.45, 7) is 4.45. The molecule has 0 aromatic rings. The minimum Gasteiger partial charge on any atom is -0.346 e. The highest BCUT2D eigenvalue weighted by atomic mass is 32.2. The van der Waals surface area contributed by atoms with Crippen LogP contribution in [0, 0.1) is 5.92 Å². The molecule has 0 aromatic carbocycles. The molecule has 0 radical (unpaired) electrons. The van der Waals surface area contributed by atoms with Crippen LogP contribution >= 0.6 is 11.8 Å². The maximum Gasteiger partial charge on any atom is 0.241 e. The van der Waals surface area contributed by atoms with Gasteiger partial charge in [-0.15, -0.1) is 0 Å². The third-order valence-electron chi connectivity index (χ3n) is 2.49. The fraction of sp³-hybridized carbons (Fsp3) is 0.818. The summed E-state index contributed by atoms with van der Waals surface area (Å²) in [6, 6.07) is -0.556. The van der Waals surface area contributed by atoms with Crippen molar-refractivity contribution in [1.29, 1.82) is 0 Å². The van der Waals surface area contributed by atoms with Gasteiger partial charge in [0.15, 0.2) is 0 Å². The van der Waals surface area contributed by atoms with Gasteiger partial charge < -0.3 is 16.0 Å². The van der Waals surface area contributed by atoms with E-state index in [4.69, 9.17) is 5.73 Å². The lowest BCUT2D eigenvalue weighted by Crippen LogP contribution is -2.47. The van der Waals surface area contributed by atoms with Crippen molar-refractivity contribution < 1.29 is 9.59 Å². The number of nitrogens with two attached hydrogens (primary N) is 1. The molecular formula is C11H23N3O2S. The minimum absolute atomic E-state index is 0.0180. The van der Waals surface area contributed by atoms with E-state index in [0.29, 0.717) is 6.54 Å². The van der Waals surface area contributed by atoms with Gasteiger partial charge in [0.1, 0.15) is 0 Å². The van der Waals surface area contributed by atoms with Crippen LogP contribution in [-0.4, -0.2) is 54.9 Å². The molecule has 0 unspecified atom stereocenters. The summed E-state index contributed by atoms with van der Waals surface area (Å²) in [5.41, 5.74) is 5.66. The van der Waals surface area contributed by atoms with Crippen LogP contribution in [0.25, 0.3) is 0 Å². The van der Waals surface area contributed by atoms with Crippen LogP contribution in [0.1, 0.15) is 13.8 Å².